The van der Waals surface area contributed by atoms with Crippen molar-refractivity contribution in [1.29, 1.82) is 0 Å². The number of rotatable bonds is 9. The molecule has 0 fully saturated rings. The van der Waals surface area contributed by atoms with Crippen LogP contribution in [0, 0.1) is 13.8 Å². The third-order valence-electron chi connectivity index (χ3n) is 2.94. The van der Waals surface area contributed by atoms with Gasteiger partial charge in [-0.15, -0.1) is 0 Å². The van der Waals surface area contributed by atoms with Gasteiger partial charge in [0.25, 0.3) is 0 Å². The molecule has 104 valence electrons. The molecule has 2 N–H and O–H groups in total. The fraction of sp³-hybridized carbons (Fsp3) is 0.769. The summed E-state index contributed by atoms with van der Waals surface area (Å²) in [6, 6.07) is 0. The van der Waals surface area contributed by atoms with Crippen LogP contribution < -0.4 is 5.32 Å². The third-order valence-corrected chi connectivity index (χ3v) is 2.94. The number of nitrogens with zero attached hydrogens (tertiary/aromatic N) is 2. The van der Waals surface area contributed by atoms with E-state index in [0.29, 0.717) is 13.2 Å². The lowest BCUT2D eigenvalue weighted by Gasteiger charge is -2.06. The summed E-state index contributed by atoms with van der Waals surface area (Å²) in [6.07, 6.45) is 1.14. The molecule has 0 aliphatic carbocycles. The minimum atomic E-state index is 0.0727. The minimum Gasteiger partial charge on any atom is -0.394 e. The maximum absolute atomic E-state index is 8.63. The number of aryl methyl sites for hydroxylation is 1. The monoisotopic (exact) mass is 255 g/mol. The molecular formula is C13H25N3O2. The lowest BCUT2D eigenvalue weighted by atomic mass is 10.2. The molecule has 0 spiro atoms. The van der Waals surface area contributed by atoms with Gasteiger partial charge in [0.1, 0.15) is 0 Å². The Labute approximate surface area is 109 Å². The Kier molecular flexibility index (Phi) is 6.93. The molecular weight excluding hydrogens is 230 g/mol. The van der Waals surface area contributed by atoms with Gasteiger partial charge in [0.2, 0.25) is 0 Å². The van der Waals surface area contributed by atoms with Crippen LogP contribution in [0.4, 0.5) is 0 Å². The second-order valence-corrected chi connectivity index (χ2v) is 4.39. The molecule has 0 aromatic carbocycles. The highest BCUT2D eigenvalue weighted by atomic mass is 16.5. The fourth-order valence-electron chi connectivity index (χ4n) is 1.92. The van der Waals surface area contributed by atoms with Gasteiger partial charge in [0.15, 0.2) is 0 Å². The normalized spacial score (nSPS) is 11.1. The van der Waals surface area contributed by atoms with E-state index in [9.17, 15) is 0 Å². The van der Waals surface area contributed by atoms with Crippen molar-refractivity contribution in [2.24, 2.45) is 0 Å². The highest BCUT2D eigenvalue weighted by Crippen LogP contribution is 2.12. The maximum Gasteiger partial charge on any atom is 0.0698 e. The molecule has 0 saturated carbocycles. The zero-order chi connectivity index (χ0) is 13.4. The average molecular weight is 255 g/mol. The second-order valence-electron chi connectivity index (χ2n) is 4.39. The quantitative estimate of drug-likeness (QED) is 0.647. The van der Waals surface area contributed by atoms with Crippen LogP contribution >= 0.6 is 0 Å². The van der Waals surface area contributed by atoms with Crippen molar-refractivity contribution < 1.29 is 9.84 Å². The molecule has 0 aliphatic rings. The highest BCUT2D eigenvalue weighted by molar-refractivity contribution is 5.24. The van der Waals surface area contributed by atoms with Crippen LogP contribution in [0.5, 0.6) is 0 Å². The maximum atomic E-state index is 8.63. The molecule has 0 bridgehead atoms. The fourth-order valence-corrected chi connectivity index (χ4v) is 1.92. The first-order valence-corrected chi connectivity index (χ1v) is 6.62. The van der Waals surface area contributed by atoms with E-state index in [1.807, 2.05) is 11.6 Å². The Bertz CT molecular complexity index is 350. The average Bonchev–Trinajstić information content (AvgIpc) is 2.62. The molecule has 0 atom stereocenters. The van der Waals surface area contributed by atoms with Gasteiger partial charge in [0.05, 0.1) is 32.1 Å². The van der Waals surface area contributed by atoms with Crippen LogP contribution in [0.15, 0.2) is 0 Å². The first-order valence-electron chi connectivity index (χ1n) is 6.62. The van der Waals surface area contributed by atoms with Crippen molar-refractivity contribution in [2.45, 2.75) is 40.3 Å². The number of hydrogen-bond donors (Lipinski definition) is 2. The van der Waals surface area contributed by atoms with Crippen LogP contribution in [0.25, 0.3) is 0 Å². The van der Waals surface area contributed by atoms with Crippen molar-refractivity contribution in [2.75, 3.05) is 26.4 Å². The molecule has 0 aliphatic heterocycles. The van der Waals surface area contributed by atoms with E-state index in [4.69, 9.17) is 9.84 Å². The number of aromatic nitrogens is 2. The molecule has 1 rings (SSSR count). The first kappa shape index (κ1) is 15.1. The minimum absolute atomic E-state index is 0.0727. The van der Waals surface area contributed by atoms with Gasteiger partial charge in [-0.3, -0.25) is 4.68 Å². The van der Waals surface area contributed by atoms with Gasteiger partial charge in [-0.1, -0.05) is 6.92 Å². The second kappa shape index (κ2) is 8.24. The summed E-state index contributed by atoms with van der Waals surface area (Å²) in [5.74, 6) is 0. The van der Waals surface area contributed by atoms with Crippen LogP contribution in [0.1, 0.15) is 30.3 Å². The molecule has 18 heavy (non-hydrogen) atoms. The van der Waals surface area contributed by atoms with Crippen LogP contribution in [0.2, 0.25) is 0 Å². The SMILES string of the molecule is CCCNCc1c(C)nn(CCOCCO)c1C. The summed E-state index contributed by atoms with van der Waals surface area (Å²) in [7, 11) is 0. The van der Waals surface area contributed by atoms with Gasteiger partial charge < -0.3 is 15.2 Å². The molecule has 1 aromatic rings. The molecule has 0 radical (unpaired) electrons. The molecule has 5 nitrogen and oxygen atoms in total. The van der Waals surface area contributed by atoms with Crippen LogP contribution in [-0.2, 0) is 17.8 Å². The van der Waals surface area contributed by atoms with Gasteiger partial charge in [-0.25, -0.2) is 0 Å². The van der Waals surface area contributed by atoms with E-state index in [1.54, 1.807) is 0 Å². The van der Waals surface area contributed by atoms with Crippen molar-refractivity contribution >= 4 is 0 Å². The zero-order valence-electron chi connectivity index (χ0n) is 11.7. The molecule has 0 saturated heterocycles. The van der Waals surface area contributed by atoms with Crippen molar-refractivity contribution in [3.63, 3.8) is 0 Å². The van der Waals surface area contributed by atoms with Gasteiger partial charge >= 0.3 is 0 Å². The number of ether oxygens (including phenoxy) is 1. The first-order chi connectivity index (χ1) is 8.70. The van der Waals surface area contributed by atoms with Crippen LogP contribution in [0.3, 0.4) is 0 Å². The Morgan fingerprint density at radius 1 is 1.33 bits per heavy atom. The van der Waals surface area contributed by atoms with Crippen LogP contribution in [-0.4, -0.2) is 41.3 Å². The van der Waals surface area contributed by atoms with Gasteiger partial charge in [-0.2, -0.15) is 5.10 Å². The summed E-state index contributed by atoms with van der Waals surface area (Å²) in [6.45, 7) is 10.00. The van der Waals surface area contributed by atoms with E-state index in [0.717, 1.165) is 31.7 Å². The number of hydrogen-bond acceptors (Lipinski definition) is 4. The number of nitrogens with one attached hydrogen (secondary N) is 1. The van der Waals surface area contributed by atoms with Gasteiger partial charge in [-0.05, 0) is 26.8 Å². The number of aliphatic hydroxyl groups is 1. The summed E-state index contributed by atoms with van der Waals surface area (Å²) in [5, 5.41) is 16.6. The largest absolute Gasteiger partial charge is 0.394 e. The standard InChI is InChI=1S/C13H25N3O2/c1-4-5-14-10-13-11(2)15-16(12(13)3)6-8-18-9-7-17/h14,17H,4-10H2,1-3H3. The zero-order valence-corrected chi connectivity index (χ0v) is 11.7. The highest BCUT2D eigenvalue weighted by Gasteiger charge is 2.10. The molecule has 1 heterocycles. The molecule has 0 amide bonds. The Morgan fingerprint density at radius 2 is 2.11 bits per heavy atom. The predicted octanol–water partition coefficient (Wildman–Crippen LogP) is 1.01. The molecule has 5 heteroatoms. The van der Waals surface area contributed by atoms with E-state index in [1.165, 1.54) is 11.3 Å². The lowest BCUT2D eigenvalue weighted by Crippen LogP contribution is -2.15. The smallest absolute Gasteiger partial charge is 0.0698 e. The summed E-state index contributed by atoms with van der Waals surface area (Å²) >= 11 is 0. The van der Waals surface area contributed by atoms with E-state index in [-0.39, 0.29) is 6.61 Å². The van der Waals surface area contributed by atoms with Crippen molar-refractivity contribution in [3.05, 3.63) is 17.0 Å². The molecule has 1 aromatic heterocycles. The summed E-state index contributed by atoms with van der Waals surface area (Å²) in [4.78, 5) is 0. The van der Waals surface area contributed by atoms with E-state index >= 15 is 0 Å². The van der Waals surface area contributed by atoms with Gasteiger partial charge in [0, 0.05) is 17.8 Å². The third kappa shape index (κ3) is 4.40. The topological polar surface area (TPSA) is 59.3 Å². The predicted molar refractivity (Wildman–Crippen MR) is 71.6 cm³/mol. The Balaban J connectivity index is 2.51. The van der Waals surface area contributed by atoms with E-state index in [2.05, 4.69) is 24.3 Å². The summed E-state index contributed by atoms with van der Waals surface area (Å²) in [5.41, 5.74) is 3.56. The Morgan fingerprint density at radius 3 is 2.78 bits per heavy atom. The Hall–Kier alpha value is -0.910. The van der Waals surface area contributed by atoms with Crippen molar-refractivity contribution in [3.8, 4) is 0 Å². The lowest BCUT2D eigenvalue weighted by molar-refractivity contribution is 0.0850. The number of aliphatic hydroxyl groups excluding tert-OH is 1. The molecule has 0 unspecified atom stereocenters. The summed E-state index contributed by atoms with van der Waals surface area (Å²) < 4.78 is 7.24. The van der Waals surface area contributed by atoms with Crippen molar-refractivity contribution in [1.82, 2.24) is 15.1 Å². The van der Waals surface area contributed by atoms with E-state index < -0.39 is 0 Å².